The van der Waals surface area contributed by atoms with Crippen LogP contribution in [0.5, 0.6) is 5.75 Å². The lowest BCUT2D eigenvalue weighted by Crippen LogP contribution is -2.47. The fraction of sp³-hybridized carbons (Fsp3) is 0.280. The number of hydrogen-bond acceptors (Lipinski definition) is 2. The second kappa shape index (κ2) is 8.76. The number of aliphatic hydroxyl groups is 1. The van der Waals surface area contributed by atoms with Crippen molar-refractivity contribution in [3.05, 3.63) is 90.0 Å². The van der Waals surface area contributed by atoms with Crippen LogP contribution in [0.15, 0.2) is 78.9 Å². The lowest BCUT2D eigenvalue weighted by molar-refractivity contribution is 0.173. The normalized spacial score (nSPS) is 12.8. The van der Waals surface area contributed by atoms with E-state index in [4.69, 9.17) is 4.43 Å². The van der Waals surface area contributed by atoms with Crippen LogP contribution in [0, 0.1) is 0 Å². The van der Waals surface area contributed by atoms with Crippen LogP contribution >= 0.6 is 0 Å². The number of hydrogen-bond donors (Lipinski definition) is 1. The first-order valence-electron chi connectivity index (χ1n) is 9.87. The van der Waals surface area contributed by atoms with E-state index in [1.54, 1.807) is 0 Å². The van der Waals surface area contributed by atoms with Crippen molar-refractivity contribution >= 4 is 19.4 Å². The van der Waals surface area contributed by atoms with E-state index in [1.807, 2.05) is 37.3 Å². The average molecular weight is 390 g/mol. The van der Waals surface area contributed by atoms with Gasteiger partial charge in [0.2, 0.25) is 0 Å². The Labute approximate surface area is 170 Å². The van der Waals surface area contributed by atoms with Gasteiger partial charge in [-0.1, -0.05) is 94.4 Å². The zero-order chi connectivity index (χ0) is 20.1. The highest BCUT2D eigenvalue weighted by Gasteiger charge is 2.23. The quantitative estimate of drug-likeness (QED) is 0.624. The van der Waals surface area contributed by atoms with Crippen molar-refractivity contribution in [2.75, 3.05) is 0 Å². The first kappa shape index (κ1) is 20.4. The van der Waals surface area contributed by atoms with Gasteiger partial charge >= 0.3 is 9.04 Å². The molecule has 3 aromatic rings. The summed E-state index contributed by atoms with van der Waals surface area (Å²) >= 11 is 0. The van der Waals surface area contributed by atoms with E-state index in [-0.39, 0.29) is 5.41 Å². The summed E-state index contributed by atoms with van der Waals surface area (Å²) in [4.78, 5) is 0. The maximum Gasteiger partial charge on any atom is 0.352 e. The second-order valence-corrected chi connectivity index (χ2v) is 10.1. The van der Waals surface area contributed by atoms with E-state index in [9.17, 15) is 5.11 Å². The predicted octanol–water partition coefficient (Wildman–Crippen LogP) is 4.61. The van der Waals surface area contributed by atoms with E-state index in [2.05, 4.69) is 69.3 Å². The Bertz CT molecular complexity index is 882. The molecule has 3 rings (SSSR count). The summed E-state index contributed by atoms with van der Waals surface area (Å²) in [6.45, 7) is 8.67. The summed E-state index contributed by atoms with van der Waals surface area (Å²) in [5.74, 6) is 0.808. The van der Waals surface area contributed by atoms with Gasteiger partial charge in [-0.25, -0.2) is 0 Å². The van der Waals surface area contributed by atoms with Crippen molar-refractivity contribution < 1.29 is 9.53 Å². The van der Waals surface area contributed by atoms with Gasteiger partial charge in [-0.3, -0.25) is 0 Å². The van der Waals surface area contributed by atoms with Gasteiger partial charge in [-0.05, 0) is 45.5 Å². The van der Waals surface area contributed by atoms with Crippen LogP contribution in [-0.4, -0.2) is 14.1 Å². The molecule has 0 fully saturated rings. The zero-order valence-corrected chi connectivity index (χ0v) is 18.1. The summed E-state index contributed by atoms with van der Waals surface area (Å²) in [5, 5.41) is 12.6. The Balaban J connectivity index is 1.95. The maximum absolute atomic E-state index is 10.2. The average Bonchev–Trinajstić information content (AvgIpc) is 2.72. The Kier molecular flexibility index (Phi) is 6.37. The molecular formula is C25H29O2Si. The maximum atomic E-state index is 10.2. The summed E-state index contributed by atoms with van der Waals surface area (Å²) in [6, 6.07) is 27.1. The molecule has 0 saturated heterocycles. The summed E-state index contributed by atoms with van der Waals surface area (Å²) in [5.41, 5.74) is 2.35. The summed E-state index contributed by atoms with van der Waals surface area (Å²) in [7, 11) is -1.44. The highest BCUT2D eigenvalue weighted by molar-refractivity contribution is 6.80. The van der Waals surface area contributed by atoms with E-state index < -0.39 is 15.1 Å². The van der Waals surface area contributed by atoms with E-state index in [1.165, 1.54) is 15.9 Å². The molecule has 28 heavy (non-hydrogen) atoms. The molecule has 0 amide bonds. The van der Waals surface area contributed by atoms with Gasteiger partial charge in [0, 0.05) is 0 Å². The van der Waals surface area contributed by atoms with Gasteiger partial charge in [0.05, 0.1) is 6.10 Å². The van der Waals surface area contributed by atoms with Crippen molar-refractivity contribution in [2.24, 2.45) is 0 Å². The van der Waals surface area contributed by atoms with Crippen molar-refractivity contribution in [1.82, 2.24) is 0 Å². The van der Waals surface area contributed by atoms with Crippen molar-refractivity contribution in [3.63, 3.8) is 0 Å². The molecule has 3 heteroatoms. The molecule has 1 N–H and O–H groups in total. The molecule has 0 aliphatic carbocycles. The molecule has 0 aromatic heterocycles. The van der Waals surface area contributed by atoms with Crippen molar-refractivity contribution in [1.29, 1.82) is 0 Å². The zero-order valence-electron chi connectivity index (χ0n) is 17.1. The van der Waals surface area contributed by atoms with Crippen LogP contribution in [0.3, 0.4) is 0 Å². The van der Waals surface area contributed by atoms with Gasteiger partial charge in [0.25, 0.3) is 0 Å². The minimum atomic E-state index is -1.44. The number of rotatable bonds is 6. The standard InChI is InChI=1S/C25H29O2Si/c1-5-24(26)19-10-9-11-21(18-19)27-28(22-12-7-6-8-13-22)23-16-14-20(15-17-23)25(2,3)4/h6-18,24,26H,5H2,1-4H3. The fourth-order valence-electron chi connectivity index (χ4n) is 3.13. The van der Waals surface area contributed by atoms with Crippen LogP contribution < -0.4 is 14.8 Å². The molecule has 1 unspecified atom stereocenters. The monoisotopic (exact) mass is 389 g/mol. The van der Waals surface area contributed by atoms with Gasteiger partial charge in [-0.2, -0.15) is 0 Å². The molecule has 0 aliphatic heterocycles. The molecule has 0 heterocycles. The lowest BCUT2D eigenvalue weighted by atomic mass is 9.87. The van der Waals surface area contributed by atoms with Gasteiger partial charge in [0.15, 0.2) is 0 Å². The first-order valence-corrected chi connectivity index (χ1v) is 11.3. The summed E-state index contributed by atoms with van der Waals surface area (Å²) in [6.07, 6.45) is 0.232. The third-order valence-electron chi connectivity index (χ3n) is 4.90. The third kappa shape index (κ3) is 4.92. The molecule has 0 saturated carbocycles. The van der Waals surface area contributed by atoms with Crippen LogP contribution in [0.4, 0.5) is 0 Å². The molecular weight excluding hydrogens is 360 g/mol. The molecule has 145 valence electrons. The van der Waals surface area contributed by atoms with E-state index in [0.717, 1.165) is 11.3 Å². The Morgan fingerprint density at radius 1 is 0.857 bits per heavy atom. The fourth-order valence-corrected chi connectivity index (χ4v) is 5.03. The minimum Gasteiger partial charge on any atom is -0.533 e. The third-order valence-corrected chi connectivity index (χ3v) is 7.05. The van der Waals surface area contributed by atoms with Gasteiger partial charge in [-0.15, -0.1) is 0 Å². The largest absolute Gasteiger partial charge is 0.533 e. The molecule has 0 aliphatic rings. The van der Waals surface area contributed by atoms with Gasteiger partial charge in [0.1, 0.15) is 5.75 Å². The molecule has 3 aromatic carbocycles. The number of benzene rings is 3. The van der Waals surface area contributed by atoms with E-state index in [0.29, 0.717) is 6.42 Å². The Hall–Kier alpha value is -2.36. The van der Waals surface area contributed by atoms with Gasteiger partial charge < -0.3 is 9.53 Å². The highest BCUT2D eigenvalue weighted by Crippen LogP contribution is 2.23. The van der Waals surface area contributed by atoms with Crippen LogP contribution in [0.2, 0.25) is 0 Å². The topological polar surface area (TPSA) is 29.5 Å². The van der Waals surface area contributed by atoms with Crippen LogP contribution in [0.25, 0.3) is 0 Å². The summed E-state index contributed by atoms with van der Waals surface area (Å²) < 4.78 is 6.54. The highest BCUT2D eigenvalue weighted by atomic mass is 28.3. The van der Waals surface area contributed by atoms with E-state index >= 15 is 0 Å². The van der Waals surface area contributed by atoms with Crippen LogP contribution in [-0.2, 0) is 5.41 Å². The molecule has 1 radical (unpaired) electrons. The minimum absolute atomic E-state index is 0.129. The van der Waals surface area contributed by atoms with Crippen LogP contribution in [0.1, 0.15) is 51.3 Å². The Morgan fingerprint density at radius 3 is 2.11 bits per heavy atom. The molecule has 0 bridgehead atoms. The smallest absolute Gasteiger partial charge is 0.352 e. The predicted molar refractivity (Wildman–Crippen MR) is 119 cm³/mol. The van der Waals surface area contributed by atoms with Crippen molar-refractivity contribution in [3.8, 4) is 5.75 Å². The molecule has 1 atom stereocenters. The lowest BCUT2D eigenvalue weighted by Gasteiger charge is -2.22. The first-order chi connectivity index (χ1) is 13.4. The molecule has 2 nitrogen and oxygen atoms in total. The number of aliphatic hydroxyl groups excluding tert-OH is 1. The Morgan fingerprint density at radius 2 is 1.50 bits per heavy atom. The second-order valence-electron chi connectivity index (χ2n) is 8.12. The SMILES string of the molecule is CCC(O)c1cccc(O[Si](c2ccccc2)c2ccc(C(C)(C)C)cc2)c1. The van der Waals surface area contributed by atoms with Crippen molar-refractivity contribution in [2.45, 2.75) is 45.6 Å². The molecule has 0 spiro atoms.